The second kappa shape index (κ2) is 8.91. The van der Waals surface area contributed by atoms with Crippen molar-refractivity contribution < 1.29 is 4.79 Å². The Kier molecular flexibility index (Phi) is 6.34. The van der Waals surface area contributed by atoms with E-state index in [1.165, 1.54) is 0 Å². The Labute approximate surface area is 167 Å². The van der Waals surface area contributed by atoms with Crippen molar-refractivity contribution in [1.29, 1.82) is 0 Å². The number of para-hydroxylation sites is 1. The maximum Gasteiger partial charge on any atom is 0.319 e. The van der Waals surface area contributed by atoms with E-state index in [0.29, 0.717) is 12.0 Å². The van der Waals surface area contributed by atoms with Crippen LogP contribution in [0.4, 0.5) is 22.2 Å². The summed E-state index contributed by atoms with van der Waals surface area (Å²) in [5, 5.41) is 9.48. The van der Waals surface area contributed by atoms with Crippen LogP contribution in [0.1, 0.15) is 36.8 Å². The van der Waals surface area contributed by atoms with Crippen molar-refractivity contribution in [3.05, 3.63) is 41.6 Å². The topological polar surface area (TPSA) is 82.2 Å². The number of amides is 2. The molecule has 1 saturated carbocycles. The third-order valence-corrected chi connectivity index (χ3v) is 5.16. The Bertz CT molecular complexity index is 814. The molecule has 1 aromatic carbocycles. The summed E-state index contributed by atoms with van der Waals surface area (Å²) in [6.45, 7) is 4.00. The van der Waals surface area contributed by atoms with Gasteiger partial charge in [-0.2, -0.15) is 4.98 Å². The van der Waals surface area contributed by atoms with E-state index < -0.39 is 0 Å². The summed E-state index contributed by atoms with van der Waals surface area (Å²) in [5.41, 5.74) is 2.97. The maximum absolute atomic E-state index is 12.3. The fraction of sp³-hybridized carbons (Fsp3) is 0.476. The zero-order chi connectivity index (χ0) is 20.1. The minimum absolute atomic E-state index is 0.136. The number of aryl methyl sites for hydroxylation is 2. The largest absolute Gasteiger partial charge is 0.362 e. The van der Waals surface area contributed by atoms with Gasteiger partial charge in [-0.15, -0.1) is 0 Å². The minimum atomic E-state index is -0.136. The molecule has 3 rings (SSSR count). The summed E-state index contributed by atoms with van der Waals surface area (Å²) in [5.74, 6) is 1.60. The Morgan fingerprint density at radius 3 is 2.39 bits per heavy atom. The number of hydrogen-bond acceptors (Lipinski definition) is 5. The van der Waals surface area contributed by atoms with Crippen molar-refractivity contribution in [3.63, 3.8) is 0 Å². The van der Waals surface area contributed by atoms with Crippen LogP contribution in [0.5, 0.6) is 0 Å². The van der Waals surface area contributed by atoms with Gasteiger partial charge in [-0.1, -0.05) is 18.2 Å². The van der Waals surface area contributed by atoms with Gasteiger partial charge in [0.1, 0.15) is 5.82 Å². The molecule has 0 atom stereocenters. The lowest BCUT2D eigenvalue weighted by Crippen LogP contribution is -2.42. The summed E-state index contributed by atoms with van der Waals surface area (Å²) < 4.78 is 0. The summed E-state index contributed by atoms with van der Waals surface area (Å²) in [6.07, 6.45) is 5.68. The van der Waals surface area contributed by atoms with Gasteiger partial charge in [0.05, 0.1) is 0 Å². The Morgan fingerprint density at radius 2 is 1.71 bits per heavy atom. The van der Waals surface area contributed by atoms with Crippen LogP contribution >= 0.6 is 0 Å². The van der Waals surface area contributed by atoms with Crippen LogP contribution in [0.25, 0.3) is 0 Å². The Hall–Kier alpha value is -2.83. The second-order valence-electron chi connectivity index (χ2n) is 7.70. The molecule has 0 unspecified atom stereocenters. The molecule has 7 nitrogen and oxygen atoms in total. The average Bonchev–Trinajstić information content (AvgIpc) is 2.66. The molecule has 0 saturated heterocycles. The number of nitrogens with zero attached hydrogens (tertiary/aromatic N) is 3. The van der Waals surface area contributed by atoms with Crippen LogP contribution in [0.3, 0.4) is 0 Å². The number of aromatic nitrogens is 2. The Balaban J connectivity index is 1.47. The molecular weight excluding hydrogens is 352 g/mol. The zero-order valence-corrected chi connectivity index (χ0v) is 17.1. The van der Waals surface area contributed by atoms with Crippen molar-refractivity contribution >= 4 is 23.5 Å². The van der Waals surface area contributed by atoms with Crippen LogP contribution in [0, 0.1) is 13.8 Å². The van der Waals surface area contributed by atoms with Gasteiger partial charge in [0.2, 0.25) is 5.95 Å². The van der Waals surface area contributed by atoms with E-state index >= 15 is 0 Å². The molecule has 1 aromatic heterocycles. The third kappa shape index (κ3) is 5.12. The van der Waals surface area contributed by atoms with E-state index in [9.17, 15) is 4.79 Å². The lowest BCUT2D eigenvalue weighted by Gasteiger charge is -2.30. The highest BCUT2D eigenvalue weighted by Crippen LogP contribution is 2.23. The van der Waals surface area contributed by atoms with Gasteiger partial charge in [0, 0.05) is 43.6 Å². The molecule has 7 heteroatoms. The molecule has 1 heterocycles. The van der Waals surface area contributed by atoms with Crippen molar-refractivity contribution in [2.75, 3.05) is 29.6 Å². The number of anilines is 3. The second-order valence-corrected chi connectivity index (χ2v) is 7.70. The summed E-state index contributed by atoms with van der Waals surface area (Å²) in [4.78, 5) is 23.3. The molecular formula is C21H30N6O. The molecule has 3 N–H and O–H groups in total. The fourth-order valence-electron chi connectivity index (χ4n) is 3.58. The SMILES string of the molecule is Cc1ccccc1NC(=O)NC1CCC(Nc2ncc(C)c(N(C)C)n2)CC1. The predicted molar refractivity (Wildman–Crippen MR) is 114 cm³/mol. The highest BCUT2D eigenvalue weighted by Gasteiger charge is 2.23. The number of urea groups is 1. The minimum Gasteiger partial charge on any atom is -0.362 e. The van der Waals surface area contributed by atoms with Crippen molar-refractivity contribution in [3.8, 4) is 0 Å². The normalized spacial score (nSPS) is 19.0. The van der Waals surface area contributed by atoms with Crippen LogP contribution in [0.15, 0.2) is 30.5 Å². The van der Waals surface area contributed by atoms with Gasteiger partial charge in [0.25, 0.3) is 0 Å². The van der Waals surface area contributed by atoms with Crippen molar-refractivity contribution in [2.24, 2.45) is 0 Å². The average molecular weight is 383 g/mol. The number of nitrogens with one attached hydrogen (secondary N) is 3. The lowest BCUT2D eigenvalue weighted by atomic mass is 9.91. The number of benzene rings is 1. The van der Waals surface area contributed by atoms with Gasteiger partial charge >= 0.3 is 6.03 Å². The summed E-state index contributed by atoms with van der Waals surface area (Å²) in [7, 11) is 3.97. The fourth-order valence-corrected chi connectivity index (χ4v) is 3.58. The molecule has 0 radical (unpaired) electrons. The molecule has 2 amide bonds. The molecule has 0 bridgehead atoms. The first-order valence-corrected chi connectivity index (χ1v) is 9.83. The smallest absolute Gasteiger partial charge is 0.319 e. The van der Waals surface area contributed by atoms with E-state index in [-0.39, 0.29) is 12.1 Å². The number of hydrogen-bond donors (Lipinski definition) is 3. The third-order valence-electron chi connectivity index (χ3n) is 5.16. The van der Waals surface area contributed by atoms with Crippen molar-refractivity contribution in [2.45, 2.75) is 51.6 Å². The van der Waals surface area contributed by atoms with Crippen LogP contribution in [-0.2, 0) is 0 Å². The monoisotopic (exact) mass is 382 g/mol. The van der Waals surface area contributed by atoms with Crippen LogP contribution in [0.2, 0.25) is 0 Å². The molecule has 0 aliphatic heterocycles. The Morgan fingerprint density at radius 1 is 1.04 bits per heavy atom. The first kappa shape index (κ1) is 19.9. The molecule has 0 spiro atoms. The van der Waals surface area contributed by atoms with Crippen molar-refractivity contribution in [1.82, 2.24) is 15.3 Å². The summed E-state index contributed by atoms with van der Waals surface area (Å²) >= 11 is 0. The number of carbonyl (C=O) groups excluding carboxylic acids is 1. The number of rotatable bonds is 5. The first-order valence-electron chi connectivity index (χ1n) is 9.83. The standard InChI is InChI=1S/C21H30N6O/c1-14-7-5-6-8-18(14)25-21(28)24-17-11-9-16(10-12-17)23-20-22-13-15(2)19(26-20)27(3)4/h5-8,13,16-17H,9-12H2,1-4H3,(H,22,23,26)(H2,24,25,28). The molecule has 1 aliphatic rings. The molecule has 2 aromatic rings. The van der Waals surface area contributed by atoms with Gasteiger partial charge in [0.15, 0.2) is 0 Å². The van der Waals surface area contributed by atoms with Crippen LogP contribution < -0.4 is 20.9 Å². The quantitative estimate of drug-likeness (QED) is 0.734. The first-order chi connectivity index (χ1) is 13.4. The van der Waals surface area contributed by atoms with E-state index in [1.807, 2.05) is 63.3 Å². The van der Waals surface area contributed by atoms with E-state index in [2.05, 4.69) is 25.9 Å². The van der Waals surface area contributed by atoms with Crippen LogP contribution in [-0.4, -0.2) is 42.2 Å². The van der Waals surface area contributed by atoms with Gasteiger partial charge in [-0.05, 0) is 51.2 Å². The zero-order valence-electron chi connectivity index (χ0n) is 17.1. The summed E-state index contributed by atoms with van der Waals surface area (Å²) in [6, 6.07) is 8.18. The van der Waals surface area contributed by atoms with E-state index in [1.54, 1.807) is 0 Å². The highest BCUT2D eigenvalue weighted by atomic mass is 16.2. The van der Waals surface area contributed by atoms with Gasteiger partial charge in [-0.25, -0.2) is 9.78 Å². The highest BCUT2D eigenvalue weighted by molar-refractivity contribution is 5.90. The molecule has 1 fully saturated rings. The van der Waals surface area contributed by atoms with Gasteiger partial charge < -0.3 is 20.9 Å². The number of carbonyl (C=O) groups is 1. The molecule has 1 aliphatic carbocycles. The van der Waals surface area contributed by atoms with E-state index in [0.717, 1.165) is 48.3 Å². The predicted octanol–water partition coefficient (Wildman–Crippen LogP) is 3.70. The molecule has 150 valence electrons. The van der Waals surface area contributed by atoms with E-state index in [4.69, 9.17) is 0 Å². The maximum atomic E-state index is 12.3. The molecule has 28 heavy (non-hydrogen) atoms. The van der Waals surface area contributed by atoms with Gasteiger partial charge in [-0.3, -0.25) is 0 Å². The lowest BCUT2D eigenvalue weighted by molar-refractivity contribution is 0.243.